The van der Waals surface area contributed by atoms with Crippen LogP contribution in [0.15, 0.2) is 42.5 Å². The molecule has 1 aromatic heterocycles. The number of fused-ring (bicyclic) bond motifs is 1. The van der Waals surface area contributed by atoms with Crippen molar-refractivity contribution < 1.29 is 9.53 Å². The number of rotatable bonds is 6. The Bertz CT molecular complexity index is 1120. The highest BCUT2D eigenvalue weighted by molar-refractivity contribution is 5.97. The minimum Gasteiger partial charge on any atom is -0.494 e. The highest BCUT2D eigenvalue weighted by Gasteiger charge is 2.28. The zero-order chi connectivity index (χ0) is 21.3. The average molecular weight is 402 g/mol. The number of nitrogens with zero attached hydrogens (tertiary/aromatic N) is 2. The van der Waals surface area contributed by atoms with Crippen LogP contribution in [0, 0.1) is 11.3 Å². The van der Waals surface area contributed by atoms with Crippen molar-refractivity contribution in [2.45, 2.75) is 52.1 Å². The van der Waals surface area contributed by atoms with Gasteiger partial charge in [0.05, 0.1) is 23.4 Å². The topological polar surface area (TPSA) is 67.0 Å². The number of hydrogen-bond acceptors (Lipinski definition) is 3. The Morgan fingerprint density at radius 3 is 2.53 bits per heavy atom. The predicted molar refractivity (Wildman–Crippen MR) is 119 cm³/mol. The van der Waals surface area contributed by atoms with E-state index in [1.54, 1.807) is 0 Å². The lowest BCUT2D eigenvalue weighted by Crippen LogP contribution is -2.29. The van der Waals surface area contributed by atoms with Crippen LogP contribution in [0.2, 0.25) is 0 Å². The number of hydrogen-bond donors (Lipinski definition) is 1. The molecule has 1 aliphatic carbocycles. The van der Waals surface area contributed by atoms with Crippen molar-refractivity contribution in [2.75, 3.05) is 6.61 Å². The Hall–Kier alpha value is -3.26. The van der Waals surface area contributed by atoms with Crippen molar-refractivity contribution >= 4 is 16.8 Å². The van der Waals surface area contributed by atoms with E-state index >= 15 is 0 Å². The van der Waals surface area contributed by atoms with Crippen LogP contribution >= 0.6 is 0 Å². The molecule has 4 rings (SSSR count). The molecule has 0 spiro atoms. The van der Waals surface area contributed by atoms with Crippen LogP contribution in [-0.4, -0.2) is 23.1 Å². The first-order valence-corrected chi connectivity index (χ1v) is 10.7. The molecule has 154 valence electrons. The average Bonchev–Trinajstić information content (AvgIpc) is 3.00. The molecule has 1 heterocycles. The van der Waals surface area contributed by atoms with Gasteiger partial charge in [-0.05, 0) is 69.9 Å². The maximum atomic E-state index is 12.3. The highest BCUT2D eigenvalue weighted by atomic mass is 16.5. The van der Waals surface area contributed by atoms with Gasteiger partial charge in [0.15, 0.2) is 0 Å². The van der Waals surface area contributed by atoms with Gasteiger partial charge in [-0.25, -0.2) is 0 Å². The third-order valence-electron chi connectivity index (χ3n) is 5.68. The molecule has 2 aromatic carbocycles. The van der Waals surface area contributed by atoms with Crippen LogP contribution in [0.3, 0.4) is 0 Å². The van der Waals surface area contributed by atoms with Crippen LogP contribution in [0.25, 0.3) is 22.2 Å². The number of amides is 1. The number of ether oxygens (including phenoxy) is 1. The molecule has 5 heteroatoms. The summed E-state index contributed by atoms with van der Waals surface area (Å²) in [5.41, 5.74) is 4.23. The van der Waals surface area contributed by atoms with Crippen molar-refractivity contribution in [2.24, 2.45) is 0 Å². The molecule has 5 nitrogen and oxygen atoms in total. The third kappa shape index (κ3) is 3.54. The van der Waals surface area contributed by atoms with Crippen molar-refractivity contribution in [1.82, 2.24) is 9.88 Å². The fourth-order valence-electron chi connectivity index (χ4n) is 4.09. The highest BCUT2D eigenvalue weighted by Crippen LogP contribution is 2.43. The lowest BCUT2D eigenvalue weighted by atomic mass is 9.92. The normalized spacial score (nSPS) is 13.8. The Balaban J connectivity index is 1.85. The minimum atomic E-state index is -0.0852. The smallest absolute Gasteiger partial charge is 0.251 e. The molecular weight excluding hydrogens is 374 g/mol. The van der Waals surface area contributed by atoms with Crippen molar-refractivity contribution in [3.8, 4) is 23.1 Å². The Morgan fingerprint density at radius 1 is 1.23 bits per heavy atom. The lowest BCUT2D eigenvalue weighted by molar-refractivity contribution is 0.0943. The fourth-order valence-corrected chi connectivity index (χ4v) is 4.09. The summed E-state index contributed by atoms with van der Waals surface area (Å²) in [5.74, 6) is 0.734. The quantitative estimate of drug-likeness (QED) is 0.598. The van der Waals surface area contributed by atoms with Crippen molar-refractivity contribution in [3.63, 3.8) is 0 Å². The molecule has 0 aliphatic heterocycles. The maximum Gasteiger partial charge on any atom is 0.251 e. The fraction of sp³-hybridized carbons (Fsp3) is 0.360. The van der Waals surface area contributed by atoms with Gasteiger partial charge in [0.1, 0.15) is 11.8 Å². The number of benzene rings is 2. The molecule has 1 fully saturated rings. The van der Waals surface area contributed by atoms with Crippen molar-refractivity contribution in [3.05, 3.63) is 53.6 Å². The summed E-state index contributed by atoms with van der Waals surface area (Å²) in [5, 5.41) is 13.9. The lowest BCUT2D eigenvalue weighted by Gasteiger charge is -2.30. The zero-order valence-corrected chi connectivity index (χ0v) is 17.7. The molecule has 1 amide bonds. The molecule has 30 heavy (non-hydrogen) atoms. The number of aromatic nitrogens is 1. The van der Waals surface area contributed by atoms with E-state index in [9.17, 15) is 10.1 Å². The molecule has 0 bridgehead atoms. The summed E-state index contributed by atoms with van der Waals surface area (Å²) >= 11 is 0. The van der Waals surface area contributed by atoms with Crippen LogP contribution in [-0.2, 0) is 0 Å². The van der Waals surface area contributed by atoms with Gasteiger partial charge in [-0.2, -0.15) is 5.26 Å². The SMILES string of the molecule is CCOc1ccc2c(C#N)c(-c3ccc(C(=O)NC(C)C)cc3)n(C3CCC3)c2c1. The third-order valence-corrected chi connectivity index (χ3v) is 5.68. The minimum absolute atomic E-state index is 0.0852. The van der Waals surface area contributed by atoms with E-state index in [-0.39, 0.29) is 11.9 Å². The summed E-state index contributed by atoms with van der Waals surface area (Å²) in [4.78, 5) is 12.3. The van der Waals surface area contributed by atoms with Crippen LogP contribution in [0.4, 0.5) is 0 Å². The number of nitriles is 1. The van der Waals surface area contributed by atoms with Crippen LogP contribution in [0.1, 0.15) is 62.0 Å². The molecule has 0 atom stereocenters. The summed E-state index contributed by atoms with van der Waals surface area (Å²) in [6.07, 6.45) is 3.41. The molecule has 1 saturated carbocycles. The standard InChI is InChI=1S/C25H27N3O2/c1-4-30-20-12-13-21-22(15-26)24(28(23(21)14-20)19-6-5-7-19)17-8-10-18(11-9-17)25(29)27-16(2)3/h8-14,16,19H,4-7H2,1-3H3,(H,27,29). The van der Waals surface area contributed by atoms with Gasteiger partial charge in [0.2, 0.25) is 0 Å². The van der Waals surface area contributed by atoms with Crippen LogP contribution < -0.4 is 10.1 Å². The second-order valence-electron chi connectivity index (χ2n) is 8.11. The van der Waals surface area contributed by atoms with E-state index in [4.69, 9.17) is 4.74 Å². The van der Waals surface area contributed by atoms with E-state index in [2.05, 4.69) is 16.0 Å². The Morgan fingerprint density at radius 2 is 1.97 bits per heavy atom. The Kier molecular flexibility index (Phi) is 5.50. The number of carbonyl (C=O) groups is 1. The molecule has 1 N–H and O–H groups in total. The van der Waals surface area contributed by atoms with Gasteiger partial charge in [-0.15, -0.1) is 0 Å². The largest absolute Gasteiger partial charge is 0.494 e. The first-order chi connectivity index (χ1) is 14.5. The maximum absolute atomic E-state index is 12.3. The van der Waals surface area contributed by atoms with E-state index in [1.165, 1.54) is 6.42 Å². The van der Waals surface area contributed by atoms with Crippen molar-refractivity contribution in [1.29, 1.82) is 5.26 Å². The first-order valence-electron chi connectivity index (χ1n) is 10.7. The second kappa shape index (κ2) is 8.23. The summed E-state index contributed by atoms with van der Waals surface area (Å²) in [6, 6.07) is 16.4. The van der Waals surface area contributed by atoms with E-state index in [1.807, 2.05) is 63.2 Å². The molecule has 3 aromatic rings. The summed E-state index contributed by atoms with van der Waals surface area (Å²) in [6.45, 7) is 6.46. The Labute approximate surface area is 177 Å². The molecule has 0 radical (unpaired) electrons. The van der Waals surface area contributed by atoms with Gasteiger partial charge in [0, 0.05) is 29.1 Å². The van der Waals surface area contributed by atoms with E-state index in [0.29, 0.717) is 23.8 Å². The number of nitrogens with one attached hydrogen (secondary N) is 1. The van der Waals surface area contributed by atoms with Crippen LogP contribution in [0.5, 0.6) is 5.75 Å². The van der Waals surface area contributed by atoms with Gasteiger partial charge in [-0.1, -0.05) is 12.1 Å². The second-order valence-corrected chi connectivity index (χ2v) is 8.11. The first kappa shape index (κ1) is 20.0. The van der Waals surface area contributed by atoms with Gasteiger partial charge in [-0.3, -0.25) is 4.79 Å². The number of carbonyl (C=O) groups excluding carboxylic acids is 1. The summed E-state index contributed by atoms with van der Waals surface area (Å²) < 4.78 is 8.03. The van der Waals surface area contributed by atoms with Gasteiger partial charge < -0.3 is 14.6 Å². The van der Waals surface area contributed by atoms with Gasteiger partial charge >= 0.3 is 0 Å². The molecular formula is C25H27N3O2. The van der Waals surface area contributed by atoms with E-state index < -0.39 is 0 Å². The molecule has 0 unspecified atom stereocenters. The summed E-state index contributed by atoms with van der Waals surface area (Å²) in [7, 11) is 0. The molecule has 0 saturated heterocycles. The zero-order valence-electron chi connectivity index (χ0n) is 17.7. The monoisotopic (exact) mass is 401 g/mol. The van der Waals surface area contributed by atoms with E-state index in [0.717, 1.165) is 40.8 Å². The predicted octanol–water partition coefficient (Wildman–Crippen LogP) is 5.44. The molecule has 1 aliphatic rings. The van der Waals surface area contributed by atoms with Gasteiger partial charge in [0.25, 0.3) is 5.91 Å².